The van der Waals surface area contributed by atoms with Crippen molar-refractivity contribution in [1.82, 2.24) is 0 Å². The molecule has 0 N–H and O–H groups in total. The molecule has 0 unspecified atom stereocenters. The summed E-state index contributed by atoms with van der Waals surface area (Å²) >= 11 is 0. The summed E-state index contributed by atoms with van der Waals surface area (Å²) in [4.78, 5) is 2.37. The fraction of sp³-hybridized carbons (Fsp3) is 0.0588. The van der Waals surface area contributed by atoms with E-state index >= 15 is 0 Å². The van der Waals surface area contributed by atoms with Crippen LogP contribution in [0.5, 0.6) is 34.5 Å². The van der Waals surface area contributed by atoms with E-state index in [2.05, 4.69) is 152 Å². The lowest BCUT2D eigenvalue weighted by Crippen LogP contribution is -2.57. The van der Waals surface area contributed by atoms with Crippen LogP contribution in [0.15, 0.2) is 182 Å². The second-order valence-electron chi connectivity index (χ2n) is 15.3. The Morgan fingerprint density at radius 2 is 0.929 bits per heavy atom. The van der Waals surface area contributed by atoms with Crippen molar-refractivity contribution in [2.45, 2.75) is 19.3 Å². The molecule has 3 heterocycles. The molecule has 3 aliphatic rings. The minimum absolute atomic E-state index is 0.00231. The molecule has 5 heteroatoms. The Kier molecular flexibility index (Phi) is 7.27. The molecule has 266 valence electrons. The minimum atomic E-state index is -0.300. The highest BCUT2D eigenvalue weighted by Crippen LogP contribution is 2.55. The largest absolute Gasteiger partial charge is 0.458 e. The summed E-state index contributed by atoms with van der Waals surface area (Å²) in [6, 6.07) is 63.9. The van der Waals surface area contributed by atoms with Crippen LogP contribution < -0.4 is 35.5 Å². The topological polar surface area (TPSA) is 30.9 Å². The zero-order valence-electron chi connectivity index (χ0n) is 31.1. The van der Waals surface area contributed by atoms with Crippen LogP contribution in [0.1, 0.15) is 25.0 Å². The van der Waals surface area contributed by atoms with Crippen LogP contribution in [0.4, 0.5) is 17.1 Å². The zero-order chi connectivity index (χ0) is 37.4. The third kappa shape index (κ3) is 5.08. The molecule has 0 radical (unpaired) electrons. The van der Waals surface area contributed by atoms with Crippen molar-refractivity contribution >= 4 is 40.2 Å². The van der Waals surface area contributed by atoms with E-state index in [0.717, 1.165) is 62.2 Å². The van der Waals surface area contributed by atoms with Crippen LogP contribution in [0.2, 0.25) is 0 Å². The van der Waals surface area contributed by atoms with E-state index in [1.54, 1.807) is 0 Å². The van der Waals surface area contributed by atoms with E-state index in [-0.39, 0.29) is 12.1 Å². The quantitative estimate of drug-likeness (QED) is 0.166. The van der Waals surface area contributed by atoms with Gasteiger partial charge in [0.25, 0.3) is 6.71 Å². The monoisotopic (exact) mass is 721 g/mol. The van der Waals surface area contributed by atoms with Gasteiger partial charge in [-0.3, -0.25) is 0 Å². The first-order chi connectivity index (χ1) is 27.5. The zero-order valence-corrected chi connectivity index (χ0v) is 31.1. The molecule has 56 heavy (non-hydrogen) atoms. The molecule has 0 spiro atoms. The summed E-state index contributed by atoms with van der Waals surface area (Å²) in [6.07, 6.45) is 0. The van der Waals surface area contributed by atoms with Gasteiger partial charge in [0.2, 0.25) is 0 Å². The minimum Gasteiger partial charge on any atom is -0.458 e. The molecule has 0 aliphatic carbocycles. The maximum absolute atomic E-state index is 6.97. The van der Waals surface area contributed by atoms with Gasteiger partial charge in [-0.2, -0.15) is 0 Å². The van der Waals surface area contributed by atoms with Crippen molar-refractivity contribution in [3.63, 3.8) is 0 Å². The second kappa shape index (κ2) is 12.5. The highest BCUT2D eigenvalue weighted by atomic mass is 16.5. The summed E-state index contributed by atoms with van der Waals surface area (Å²) in [7, 11) is 0. The molecule has 11 rings (SSSR count). The number of benzene rings is 8. The summed E-state index contributed by atoms with van der Waals surface area (Å²) in [6.45, 7) is 4.69. The lowest BCUT2D eigenvalue weighted by atomic mass is 9.35. The van der Waals surface area contributed by atoms with E-state index in [9.17, 15) is 0 Å². The molecule has 0 saturated carbocycles. The van der Waals surface area contributed by atoms with Crippen molar-refractivity contribution in [3.8, 4) is 56.8 Å². The Bertz CT molecular complexity index is 2670. The second-order valence-corrected chi connectivity index (χ2v) is 15.3. The van der Waals surface area contributed by atoms with Gasteiger partial charge in [-0.25, -0.2) is 0 Å². The summed E-state index contributed by atoms with van der Waals surface area (Å²) in [5, 5.41) is 0. The molecule has 0 bridgehead atoms. The predicted octanol–water partition coefficient (Wildman–Crippen LogP) is 11.6. The van der Waals surface area contributed by atoms with Gasteiger partial charge in [0.05, 0.1) is 17.1 Å². The molecule has 0 amide bonds. The molecule has 8 aromatic carbocycles. The van der Waals surface area contributed by atoms with Gasteiger partial charge in [0.1, 0.15) is 28.7 Å². The van der Waals surface area contributed by atoms with E-state index in [4.69, 9.17) is 14.2 Å². The summed E-state index contributed by atoms with van der Waals surface area (Å²) < 4.78 is 20.2. The normalized spacial score (nSPS) is 13.9. The number of fused-ring (bicyclic) bond motifs is 6. The van der Waals surface area contributed by atoms with Crippen LogP contribution in [-0.4, -0.2) is 6.71 Å². The van der Waals surface area contributed by atoms with Crippen LogP contribution in [0, 0.1) is 0 Å². The van der Waals surface area contributed by atoms with Gasteiger partial charge in [-0.1, -0.05) is 135 Å². The van der Waals surface area contributed by atoms with E-state index in [1.165, 1.54) is 33.4 Å². The molecule has 0 saturated heterocycles. The SMILES string of the molecule is CC1(C)c2cc(-c3ccccc3)ccc2N(c2ccccc2Oc2cc3c4c(c2)Oc2ccccc2B4c2ccccc2O3)c2ccc(-c3ccccc3)cc21. The maximum Gasteiger partial charge on any atom is 0.260 e. The third-order valence-electron chi connectivity index (χ3n) is 11.6. The Balaban J connectivity index is 1.06. The molecule has 8 aromatic rings. The van der Waals surface area contributed by atoms with E-state index in [1.807, 2.05) is 48.5 Å². The summed E-state index contributed by atoms with van der Waals surface area (Å²) in [5.41, 5.74) is 13.4. The molecule has 0 aromatic heterocycles. The Labute approximate surface area is 327 Å². The molecule has 0 fully saturated rings. The standard InChI is InChI=1S/C51H36BNO3/c1-51(2)38-29-35(33-15-5-3-6-16-33)25-27-42(38)53(43-28-26-36(30-39(43)51)34-17-7-4-8-18-34)44-21-11-14-24-47(44)54-37-31-48-50-49(32-37)56-46-23-13-10-20-41(46)52(50)40-19-9-12-22-45(40)55-48/h3-32H,1-2H3. The smallest absolute Gasteiger partial charge is 0.260 e. The van der Waals surface area contributed by atoms with Gasteiger partial charge in [0.15, 0.2) is 5.75 Å². The van der Waals surface area contributed by atoms with Gasteiger partial charge >= 0.3 is 0 Å². The summed E-state index contributed by atoms with van der Waals surface area (Å²) in [5.74, 6) is 4.54. The van der Waals surface area contributed by atoms with Crippen molar-refractivity contribution in [2.24, 2.45) is 0 Å². The molecular weight excluding hydrogens is 685 g/mol. The number of hydrogen-bond donors (Lipinski definition) is 0. The number of para-hydroxylation sites is 4. The van der Waals surface area contributed by atoms with Crippen molar-refractivity contribution in [1.29, 1.82) is 0 Å². The first-order valence-corrected chi connectivity index (χ1v) is 19.2. The first kappa shape index (κ1) is 32.5. The van der Waals surface area contributed by atoms with Gasteiger partial charge < -0.3 is 19.1 Å². The lowest BCUT2D eigenvalue weighted by Gasteiger charge is -2.43. The van der Waals surface area contributed by atoms with Crippen molar-refractivity contribution < 1.29 is 14.2 Å². The number of anilines is 3. The number of nitrogens with zero attached hydrogens (tertiary/aromatic N) is 1. The highest BCUT2D eigenvalue weighted by Gasteiger charge is 2.41. The highest BCUT2D eigenvalue weighted by molar-refractivity contribution is 6.98. The van der Waals surface area contributed by atoms with Gasteiger partial charge in [0, 0.05) is 23.0 Å². The molecule has 4 nitrogen and oxygen atoms in total. The van der Waals surface area contributed by atoms with Crippen LogP contribution in [-0.2, 0) is 5.41 Å². The van der Waals surface area contributed by atoms with Crippen molar-refractivity contribution in [3.05, 3.63) is 193 Å². The third-order valence-corrected chi connectivity index (χ3v) is 11.6. The molecule has 3 aliphatic heterocycles. The Morgan fingerprint density at radius 1 is 0.446 bits per heavy atom. The lowest BCUT2D eigenvalue weighted by molar-refractivity contribution is 0.443. The number of hydrogen-bond acceptors (Lipinski definition) is 4. The van der Waals surface area contributed by atoms with E-state index in [0.29, 0.717) is 5.75 Å². The maximum atomic E-state index is 6.97. The molecular formula is C51H36BNO3. The molecule has 0 atom stereocenters. The average molecular weight is 722 g/mol. The van der Waals surface area contributed by atoms with Gasteiger partial charge in [-0.15, -0.1) is 0 Å². The van der Waals surface area contributed by atoms with Crippen molar-refractivity contribution in [2.75, 3.05) is 4.90 Å². The Hall–Kier alpha value is -6.98. The fourth-order valence-electron chi connectivity index (χ4n) is 8.90. The van der Waals surface area contributed by atoms with Gasteiger partial charge in [-0.05, 0) is 92.8 Å². The van der Waals surface area contributed by atoms with Crippen LogP contribution in [0.3, 0.4) is 0 Å². The predicted molar refractivity (Wildman–Crippen MR) is 228 cm³/mol. The first-order valence-electron chi connectivity index (χ1n) is 19.2. The Morgan fingerprint density at radius 3 is 1.48 bits per heavy atom. The number of rotatable bonds is 5. The average Bonchev–Trinajstić information content (AvgIpc) is 3.24. The number of ether oxygens (including phenoxy) is 3. The van der Waals surface area contributed by atoms with E-state index < -0.39 is 0 Å². The fourth-order valence-corrected chi connectivity index (χ4v) is 8.90. The van der Waals surface area contributed by atoms with Crippen LogP contribution >= 0.6 is 0 Å². The van der Waals surface area contributed by atoms with Crippen LogP contribution in [0.25, 0.3) is 22.3 Å².